The van der Waals surface area contributed by atoms with Gasteiger partial charge in [-0.1, -0.05) is 13.8 Å². The van der Waals surface area contributed by atoms with Crippen LogP contribution in [0.4, 0.5) is 4.39 Å². The molecule has 0 aromatic rings. The molecular weight excluding hydrogens is 141 g/mol. The third kappa shape index (κ3) is 1.55. The second kappa shape index (κ2) is 2.84. The molecule has 0 aromatic heterocycles. The van der Waals surface area contributed by atoms with Gasteiger partial charge in [-0.05, 0) is 5.92 Å². The zero-order chi connectivity index (χ0) is 6.20. The van der Waals surface area contributed by atoms with Crippen molar-refractivity contribution in [1.29, 1.82) is 0 Å². The maximum absolute atomic E-state index is 13.0. The topological polar surface area (TPSA) is 12.0 Å². The average Bonchev–Trinajstić information content (AvgIpc) is 1.60. The summed E-state index contributed by atoms with van der Waals surface area (Å²) in [5.41, 5.74) is -0.889. The fourth-order valence-corrected chi connectivity index (χ4v) is 0.772. The van der Waals surface area contributed by atoms with Gasteiger partial charge in [-0.3, -0.25) is 0 Å². The van der Waals surface area contributed by atoms with Crippen LogP contribution in [-0.4, -0.2) is 18.8 Å². The first-order chi connectivity index (χ1) is 3.65. The number of hydrogen-bond acceptors (Lipinski definition) is 1. The van der Waals surface area contributed by atoms with Gasteiger partial charge in [-0.25, -0.2) is 4.39 Å². The first-order valence-electron chi connectivity index (χ1n) is 3.05. The van der Waals surface area contributed by atoms with Gasteiger partial charge in [0.25, 0.3) is 0 Å². The highest BCUT2D eigenvalue weighted by Gasteiger charge is 2.39. The lowest BCUT2D eigenvalue weighted by atomic mass is 9.87. The van der Waals surface area contributed by atoms with Gasteiger partial charge in [0.1, 0.15) is 5.67 Å². The first kappa shape index (κ1) is 9.18. The minimum atomic E-state index is -0.889. The Morgan fingerprint density at radius 3 is 1.89 bits per heavy atom. The van der Waals surface area contributed by atoms with Crippen LogP contribution in [0.2, 0.25) is 0 Å². The molecule has 0 saturated carbocycles. The Balaban J connectivity index is 0.000000640. The third-order valence-electron chi connectivity index (χ3n) is 1.87. The molecular formula is C6H13ClFN. The monoisotopic (exact) mass is 153 g/mol. The van der Waals surface area contributed by atoms with Crippen LogP contribution in [0.5, 0.6) is 0 Å². The fraction of sp³-hybridized carbons (Fsp3) is 1.00. The summed E-state index contributed by atoms with van der Waals surface area (Å²) in [4.78, 5) is 0. The van der Waals surface area contributed by atoms with E-state index in [1.807, 2.05) is 13.8 Å². The van der Waals surface area contributed by atoms with E-state index in [1.54, 1.807) is 0 Å². The second-order valence-electron chi connectivity index (χ2n) is 2.79. The van der Waals surface area contributed by atoms with Crippen molar-refractivity contribution in [3.63, 3.8) is 0 Å². The van der Waals surface area contributed by atoms with Crippen molar-refractivity contribution in [3.8, 4) is 0 Å². The van der Waals surface area contributed by atoms with Crippen LogP contribution in [0.3, 0.4) is 0 Å². The highest BCUT2D eigenvalue weighted by Crippen LogP contribution is 2.25. The Kier molecular flexibility index (Phi) is 2.90. The summed E-state index contributed by atoms with van der Waals surface area (Å²) >= 11 is 0. The molecule has 0 unspecified atom stereocenters. The second-order valence-corrected chi connectivity index (χ2v) is 2.79. The van der Waals surface area contributed by atoms with Crippen LogP contribution >= 0.6 is 12.4 Å². The van der Waals surface area contributed by atoms with Gasteiger partial charge in [0, 0.05) is 13.1 Å². The fourth-order valence-electron chi connectivity index (χ4n) is 0.772. The normalized spacial score (nSPS) is 22.7. The van der Waals surface area contributed by atoms with Crippen molar-refractivity contribution in [1.82, 2.24) is 5.32 Å². The zero-order valence-electron chi connectivity index (χ0n) is 5.78. The molecule has 3 heteroatoms. The molecule has 0 spiro atoms. The predicted octanol–water partition coefficient (Wildman–Crippen LogP) is 1.38. The molecule has 0 atom stereocenters. The lowest BCUT2D eigenvalue weighted by molar-refractivity contribution is 0.0400. The summed E-state index contributed by atoms with van der Waals surface area (Å²) in [7, 11) is 0. The number of nitrogens with one attached hydrogen (secondary N) is 1. The van der Waals surface area contributed by atoms with Gasteiger partial charge in [0.05, 0.1) is 0 Å². The van der Waals surface area contributed by atoms with Gasteiger partial charge in [-0.2, -0.15) is 0 Å². The molecule has 1 rings (SSSR count). The van der Waals surface area contributed by atoms with Gasteiger partial charge < -0.3 is 5.32 Å². The summed E-state index contributed by atoms with van der Waals surface area (Å²) in [6.45, 7) is 4.93. The standard InChI is InChI=1S/C6H12FN.ClH/c1-5(2)6(7)3-8-4-6;/h5,8H,3-4H2,1-2H3;1H. The predicted molar refractivity (Wildman–Crippen MR) is 38.8 cm³/mol. The molecule has 0 aliphatic carbocycles. The van der Waals surface area contributed by atoms with E-state index in [0.717, 1.165) is 0 Å². The van der Waals surface area contributed by atoms with E-state index in [1.165, 1.54) is 0 Å². The molecule has 1 heterocycles. The molecule has 1 saturated heterocycles. The Labute approximate surface area is 61.4 Å². The smallest absolute Gasteiger partial charge is 0.138 e. The lowest BCUT2D eigenvalue weighted by Gasteiger charge is -2.38. The SMILES string of the molecule is CC(C)C1(F)CNC1.Cl. The minimum absolute atomic E-state index is 0. The van der Waals surface area contributed by atoms with Crippen molar-refractivity contribution in [2.75, 3.05) is 13.1 Å². The maximum Gasteiger partial charge on any atom is 0.138 e. The largest absolute Gasteiger partial charge is 0.310 e. The molecule has 0 aromatic carbocycles. The van der Waals surface area contributed by atoms with Crippen molar-refractivity contribution in [3.05, 3.63) is 0 Å². The molecule has 1 aliphatic heterocycles. The number of alkyl halides is 1. The zero-order valence-corrected chi connectivity index (χ0v) is 6.59. The van der Waals surface area contributed by atoms with Crippen LogP contribution in [0.15, 0.2) is 0 Å². The third-order valence-corrected chi connectivity index (χ3v) is 1.87. The van der Waals surface area contributed by atoms with Gasteiger partial charge in [0.15, 0.2) is 0 Å². The Hall–Kier alpha value is 0.180. The Morgan fingerprint density at radius 1 is 1.44 bits per heavy atom. The summed E-state index contributed by atoms with van der Waals surface area (Å²) in [6, 6.07) is 0. The van der Waals surface area contributed by atoms with Crippen LogP contribution in [-0.2, 0) is 0 Å². The molecule has 56 valence electrons. The Bertz CT molecular complexity index is 91.1. The Morgan fingerprint density at radius 2 is 1.89 bits per heavy atom. The molecule has 1 nitrogen and oxygen atoms in total. The molecule has 1 fully saturated rings. The molecule has 0 bridgehead atoms. The number of rotatable bonds is 1. The maximum atomic E-state index is 13.0. The van der Waals surface area contributed by atoms with E-state index >= 15 is 0 Å². The number of halogens is 2. The van der Waals surface area contributed by atoms with Gasteiger partial charge in [0.2, 0.25) is 0 Å². The van der Waals surface area contributed by atoms with E-state index in [4.69, 9.17) is 0 Å². The molecule has 0 amide bonds. The van der Waals surface area contributed by atoms with E-state index in [9.17, 15) is 4.39 Å². The number of hydrogen-bond donors (Lipinski definition) is 1. The highest BCUT2D eigenvalue weighted by atomic mass is 35.5. The minimum Gasteiger partial charge on any atom is -0.310 e. The summed E-state index contributed by atoms with van der Waals surface area (Å²) in [6.07, 6.45) is 0. The van der Waals surface area contributed by atoms with Crippen LogP contribution in [0.25, 0.3) is 0 Å². The van der Waals surface area contributed by atoms with Gasteiger partial charge >= 0.3 is 0 Å². The van der Waals surface area contributed by atoms with Crippen LogP contribution in [0.1, 0.15) is 13.8 Å². The summed E-state index contributed by atoms with van der Waals surface area (Å²) in [5, 5.41) is 2.91. The highest BCUT2D eigenvalue weighted by molar-refractivity contribution is 5.85. The van der Waals surface area contributed by atoms with E-state index < -0.39 is 5.67 Å². The molecule has 1 N–H and O–H groups in total. The van der Waals surface area contributed by atoms with Crippen LogP contribution in [0, 0.1) is 5.92 Å². The van der Waals surface area contributed by atoms with Crippen molar-refractivity contribution in [2.45, 2.75) is 19.5 Å². The summed E-state index contributed by atoms with van der Waals surface area (Å²) in [5.74, 6) is 0.170. The van der Waals surface area contributed by atoms with Crippen molar-refractivity contribution >= 4 is 12.4 Å². The average molecular weight is 154 g/mol. The van der Waals surface area contributed by atoms with E-state index in [0.29, 0.717) is 13.1 Å². The quantitative estimate of drug-likeness (QED) is 0.600. The molecule has 1 aliphatic rings. The van der Waals surface area contributed by atoms with Crippen molar-refractivity contribution in [2.24, 2.45) is 5.92 Å². The van der Waals surface area contributed by atoms with E-state index in [-0.39, 0.29) is 18.3 Å². The summed E-state index contributed by atoms with van der Waals surface area (Å²) < 4.78 is 13.0. The van der Waals surface area contributed by atoms with E-state index in [2.05, 4.69) is 5.32 Å². The molecule has 0 radical (unpaired) electrons. The lowest BCUT2D eigenvalue weighted by Crippen LogP contribution is -2.59. The van der Waals surface area contributed by atoms with Crippen LogP contribution < -0.4 is 5.32 Å². The molecule has 9 heavy (non-hydrogen) atoms. The first-order valence-corrected chi connectivity index (χ1v) is 3.05. The van der Waals surface area contributed by atoms with Gasteiger partial charge in [-0.15, -0.1) is 12.4 Å². The van der Waals surface area contributed by atoms with Crippen molar-refractivity contribution < 1.29 is 4.39 Å².